The molecule has 0 N–H and O–H groups in total. The molecule has 3 heteroatoms. The number of likely N-dealkylation sites (N-methyl/N-ethyl adjacent to an activating group) is 1. The van der Waals surface area contributed by atoms with Gasteiger partial charge in [-0.25, -0.2) is 0 Å². The van der Waals surface area contributed by atoms with Crippen molar-refractivity contribution in [3.8, 4) is 0 Å². The molecule has 2 unspecified atom stereocenters. The number of nitrogens with zero attached hydrogens (tertiary/aromatic N) is 1. The minimum absolute atomic E-state index is 0.0697. The fourth-order valence-electron chi connectivity index (χ4n) is 1.51. The maximum Gasteiger partial charge on any atom is 0.229 e. The van der Waals surface area contributed by atoms with E-state index in [1.807, 2.05) is 44.2 Å². The first kappa shape index (κ1) is 13.0. The molecule has 0 fully saturated rings. The molecular formula is C13H18ClNO. The van der Waals surface area contributed by atoms with Crippen LogP contribution in [0.25, 0.3) is 0 Å². The van der Waals surface area contributed by atoms with Gasteiger partial charge in [-0.15, -0.1) is 11.6 Å². The third-order valence-electron chi connectivity index (χ3n) is 2.90. The Kier molecular flexibility index (Phi) is 4.81. The average molecular weight is 240 g/mol. The van der Waals surface area contributed by atoms with Crippen LogP contribution in [-0.2, 0) is 4.79 Å². The van der Waals surface area contributed by atoms with Gasteiger partial charge in [0.15, 0.2) is 0 Å². The zero-order chi connectivity index (χ0) is 12.1. The van der Waals surface area contributed by atoms with Crippen LogP contribution in [0.4, 0.5) is 0 Å². The van der Waals surface area contributed by atoms with E-state index >= 15 is 0 Å². The first-order valence-corrected chi connectivity index (χ1v) is 5.99. The molecule has 0 aliphatic heterocycles. The van der Waals surface area contributed by atoms with Crippen LogP contribution in [-0.4, -0.2) is 29.8 Å². The van der Waals surface area contributed by atoms with Gasteiger partial charge in [0.1, 0.15) is 0 Å². The van der Waals surface area contributed by atoms with E-state index in [0.717, 1.165) is 5.56 Å². The zero-order valence-corrected chi connectivity index (χ0v) is 10.7. The van der Waals surface area contributed by atoms with E-state index in [1.165, 1.54) is 0 Å². The summed E-state index contributed by atoms with van der Waals surface area (Å²) in [5, 5.41) is 0. The van der Waals surface area contributed by atoms with Crippen molar-refractivity contribution < 1.29 is 4.79 Å². The minimum Gasteiger partial charge on any atom is -0.341 e. The smallest absolute Gasteiger partial charge is 0.229 e. The molecule has 88 valence electrons. The van der Waals surface area contributed by atoms with Gasteiger partial charge in [-0.1, -0.05) is 30.3 Å². The van der Waals surface area contributed by atoms with E-state index in [0.29, 0.717) is 5.88 Å². The number of hydrogen-bond donors (Lipinski definition) is 0. The van der Waals surface area contributed by atoms with Crippen molar-refractivity contribution in [2.75, 3.05) is 12.9 Å². The van der Waals surface area contributed by atoms with E-state index in [4.69, 9.17) is 11.6 Å². The summed E-state index contributed by atoms with van der Waals surface area (Å²) in [6.07, 6.45) is 0. The quantitative estimate of drug-likeness (QED) is 0.740. The molecule has 0 saturated heterocycles. The van der Waals surface area contributed by atoms with E-state index < -0.39 is 0 Å². The number of amides is 1. The van der Waals surface area contributed by atoms with Gasteiger partial charge in [-0.2, -0.15) is 0 Å². The molecule has 0 aliphatic rings. The molecule has 0 bridgehead atoms. The number of hydrogen-bond acceptors (Lipinski definition) is 1. The zero-order valence-electron chi connectivity index (χ0n) is 9.98. The van der Waals surface area contributed by atoms with Gasteiger partial charge in [0.2, 0.25) is 5.91 Å². The van der Waals surface area contributed by atoms with Gasteiger partial charge in [-0.3, -0.25) is 4.79 Å². The van der Waals surface area contributed by atoms with Crippen molar-refractivity contribution in [3.05, 3.63) is 35.9 Å². The predicted molar refractivity (Wildman–Crippen MR) is 67.8 cm³/mol. The summed E-state index contributed by atoms with van der Waals surface area (Å²) in [5.74, 6) is 0.459. The summed E-state index contributed by atoms with van der Waals surface area (Å²) in [5.41, 5.74) is 1.04. The van der Waals surface area contributed by atoms with E-state index in [2.05, 4.69) is 0 Å². The van der Waals surface area contributed by atoms with Crippen LogP contribution in [0.3, 0.4) is 0 Å². The molecule has 1 aromatic rings. The third kappa shape index (κ3) is 2.99. The van der Waals surface area contributed by atoms with Crippen molar-refractivity contribution in [2.45, 2.75) is 25.8 Å². The molecule has 1 rings (SSSR count). The predicted octanol–water partition coefficient (Wildman–Crippen LogP) is 2.88. The number of benzene rings is 1. The van der Waals surface area contributed by atoms with Crippen LogP contribution in [0.5, 0.6) is 0 Å². The Labute approximate surface area is 102 Å². The summed E-state index contributed by atoms with van der Waals surface area (Å²) < 4.78 is 0. The highest BCUT2D eigenvalue weighted by atomic mass is 35.5. The second kappa shape index (κ2) is 5.90. The second-order valence-corrected chi connectivity index (χ2v) is 4.39. The third-order valence-corrected chi connectivity index (χ3v) is 3.35. The van der Waals surface area contributed by atoms with Crippen LogP contribution in [0.2, 0.25) is 0 Å². The Hall–Kier alpha value is -1.02. The number of halogens is 1. The number of alkyl halides is 1. The molecule has 2 atom stereocenters. The van der Waals surface area contributed by atoms with E-state index in [9.17, 15) is 4.79 Å². The van der Waals surface area contributed by atoms with Gasteiger partial charge >= 0.3 is 0 Å². The molecule has 0 aromatic heterocycles. The molecule has 16 heavy (non-hydrogen) atoms. The molecule has 0 radical (unpaired) electrons. The fraction of sp³-hybridized carbons (Fsp3) is 0.462. The maximum atomic E-state index is 12.1. The molecule has 0 heterocycles. The highest BCUT2D eigenvalue weighted by Gasteiger charge is 2.21. The number of carbonyl (C=O) groups excluding carboxylic acids is 1. The Morgan fingerprint density at radius 2 is 1.88 bits per heavy atom. The summed E-state index contributed by atoms with van der Waals surface area (Å²) in [6, 6.07) is 9.86. The van der Waals surface area contributed by atoms with E-state index in [-0.39, 0.29) is 17.9 Å². The summed E-state index contributed by atoms with van der Waals surface area (Å²) in [7, 11) is 1.80. The standard InChI is InChI=1S/C13H18ClNO/c1-10(9-14)15(3)13(16)11(2)12-7-5-4-6-8-12/h4-8,10-11H,9H2,1-3H3. The largest absolute Gasteiger partial charge is 0.341 e. The highest BCUT2D eigenvalue weighted by Crippen LogP contribution is 2.18. The fourth-order valence-corrected chi connectivity index (χ4v) is 1.72. The Balaban J connectivity index is 2.75. The van der Waals surface area contributed by atoms with Crippen molar-refractivity contribution in [2.24, 2.45) is 0 Å². The lowest BCUT2D eigenvalue weighted by Crippen LogP contribution is -2.38. The van der Waals surface area contributed by atoms with Crippen LogP contribution < -0.4 is 0 Å². The molecule has 2 nitrogen and oxygen atoms in total. The van der Waals surface area contributed by atoms with Gasteiger partial charge in [0, 0.05) is 19.0 Å². The molecule has 1 amide bonds. The lowest BCUT2D eigenvalue weighted by Gasteiger charge is -2.26. The number of rotatable bonds is 4. The molecule has 0 spiro atoms. The topological polar surface area (TPSA) is 20.3 Å². The summed E-state index contributed by atoms with van der Waals surface area (Å²) in [4.78, 5) is 13.8. The molecule has 1 aromatic carbocycles. The van der Waals surface area contributed by atoms with Gasteiger partial charge < -0.3 is 4.90 Å². The first-order valence-electron chi connectivity index (χ1n) is 5.45. The minimum atomic E-state index is -0.114. The van der Waals surface area contributed by atoms with Crippen LogP contribution >= 0.6 is 11.6 Å². The number of carbonyl (C=O) groups is 1. The van der Waals surface area contributed by atoms with Gasteiger partial charge in [0.25, 0.3) is 0 Å². The first-order chi connectivity index (χ1) is 7.57. The Morgan fingerprint density at radius 1 is 1.31 bits per heavy atom. The summed E-state index contributed by atoms with van der Waals surface area (Å²) in [6.45, 7) is 3.87. The monoisotopic (exact) mass is 239 g/mol. The maximum absolute atomic E-state index is 12.1. The SMILES string of the molecule is CC(C(=O)N(C)C(C)CCl)c1ccccc1. The Bertz CT molecular complexity index is 339. The van der Waals surface area contributed by atoms with Crippen molar-refractivity contribution in [1.82, 2.24) is 4.90 Å². The second-order valence-electron chi connectivity index (χ2n) is 4.08. The van der Waals surface area contributed by atoms with Crippen LogP contribution in [0.1, 0.15) is 25.3 Å². The lowest BCUT2D eigenvalue weighted by molar-refractivity contribution is -0.132. The summed E-state index contributed by atoms with van der Waals surface area (Å²) >= 11 is 5.75. The van der Waals surface area contributed by atoms with Crippen molar-refractivity contribution >= 4 is 17.5 Å². The van der Waals surface area contributed by atoms with Gasteiger partial charge in [-0.05, 0) is 19.4 Å². The van der Waals surface area contributed by atoms with Crippen LogP contribution in [0.15, 0.2) is 30.3 Å². The molecule has 0 aliphatic carbocycles. The van der Waals surface area contributed by atoms with Crippen molar-refractivity contribution in [3.63, 3.8) is 0 Å². The van der Waals surface area contributed by atoms with E-state index in [1.54, 1.807) is 11.9 Å². The Morgan fingerprint density at radius 3 is 2.38 bits per heavy atom. The lowest BCUT2D eigenvalue weighted by atomic mass is 9.99. The molecular weight excluding hydrogens is 222 g/mol. The average Bonchev–Trinajstić information content (AvgIpc) is 2.36. The van der Waals surface area contributed by atoms with Gasteiger partial charge in [0.05, 0.1) is 5.92 Å². The van der Waals surface area contributed by atoms with Crippen LogP contribution in [0, 0.1) is 0 Å². The van der Waals surface area contributed by atoms with Crippen molar-refractivity contribution in [1.29, 1.82) is 0 Å². The highest BCUT2D eigenvalue weighted by molar-refractivity contribution is 6.18. The normalized spacial score (nSPS) is 14.2. The molecule has 0 saturated carbocycles.